The summed E-state index contributed by atoms with van der Waals surface area (Å²) in [6.45, 7) is 4.76. The molecule has 1 aromatic carbocycles. The molecule has 0 aliphatic carbocycles. The number of benzene rings is 1. The zero-order valence-corrected chi connectivity index (χ0v) is 12.7. The summed E-state index contributed by atoms with van der Waals surface area (Å²) in [6.07, 6.45) is 3.32. The van der Waals surface area contributed by atoms with E-state index in [4.69, 9.17) is 10.5 Å². The van der Waals surface area contributed by atoms with Crippen LogP contribution in [0.15, 0.2) is 24.3 Å². The van der Waals surface area contributed by atoms with E-state index in [1.807, 2.05) is 31.2 Å². The Hall–Kier alpha value is -0.870. The van der Waals surface area contributed by atoms with Crippen molar-refractivity contribution in [2.45, 2.75) is 39.2 Å². The van der Waals surface area contributed by atoms with Gasteiger partial charge < -0.3 is 10.5 Å². The number of hydrogen-bond donors (Lipinski definition) is 1. The normalized spacial score (nSPS) is 14.1. The molecule has 2 atom stereocenters. The predicted octanol–water partition coefficient (Wildman–Crippen LogP) is 3.02. The second kappa shape index (κ2) is 9.10. The number of unbranched alkanes of at least 4 members (excludes halogenated alkanes) is 2. The van der Waals surface area contributed by atoms with Crippen molar-refractivity contribution >= 4 is 10.8 Å². The van der Waals surface area contributed by atoms with Crippen LogP contribution in [0.25, 0.3) is 0 Å². The Morgan fingerprint density at radius 3 is 2.47 bits per heavy atom. The van der Waals surface area contributed by atoms with Crippen LogP contribution in [0.2, 0.25) is 0 Å². The van der Waals surface area contributed by atoms with Crippen molar-refractivity contribution in [3.05, 3.63) is 29.8 Å². The summed E-state index contributed by atoms with van der Waals surface area (Å²) in [4.78, 5) is 0. The summed E-state index contributed by atoms with van der Waals surface area (Å²) in [5, 5.41) is 0. The van der Waals surface area contributed by atoms with Crippen molar-refractivity contribution in [1.29, 1.82) is 0 Å². The first-order valence-corrected chi connectivity index (χ1v) is 8.49. The van der Waals surface area contributed by atoms with Gasteiger partial charge in [0.1, 0.15) is 5.75 Å². The Balaban J connectivity index is 2.43. The molecule has 19 heavy (non-hydrogen) atoms. The lowest BCUT2D eigenvalue weighted by molar-refractivity contribution is 0.340. The molecule has 0 heterocycles. The highest BCUT2D eigenvalue weighted by atomic mass is 32.2. The molecular formula is C15H25NO2S. The monoisotopic (exact) mass is 283 g/mol. The van der Waals surface area contributed by atoms with Crippen LogP contribution in [-0.2, 0) is 10.8 Å². The molecule has 108 valence electrons. The summed E-state index contributed by atoms with van der Waals surface area (Å²) in [5.74, 6) is 2.15. The second-order valence-corrected chi connectivity index (χ2v) is 6.25. The van der Waals surface area contributed by atoms with Crippen LogP contribution in [0.4, 0.5) is 0 Å². The number of ether oxygens (including phenoxy) is 1. The Labute approximate surface area is 119 Å². The molecule has 0 aliphatic heterocycles. The smallest absolute Gasteiger partial charge is 0.119 e. The Bertz CT molecular complexity index is 378. The molecule has 1 aromatic rings. The van der Waals surface area contributed by atoms with Gasteiger partial charge in [-0.15, -0.1) is 0 Å². The maximum Gasteiger partial charge on any atom is 0.119 e. The van der Waals surface area contributed by atoms with Crippen molar-refractivity contribution in [1.82, 2.24) is 0 Å². The van der Waals surface area contributed by atoms with Crippen LogP contribution in [0, 0.1) is 0 Å². The molecule has 0 radical (unpaired) electrons. The summed E-state index contributed by atoms with van der Waals surface area (Å²) in [6, 6.07) is 7.59. The topological polar surface area (TPSA) is 52.3 Å². The van der Waals surface area contributed by atoms with E-state index in [-0.39, 0.29) is 6.04 Å². The highest BCUT2D eigenvalue weighted by Crippen LogP contribution is 2.17. The molecule has 3 nitrogen and oxygen atoms in total. The highest BCUT2D eigenvalue weighted by Gasteiger charge is 2.10. The molecule has 0 spiro atoms. The van der Waals surface area contributed by atoms with E-state index in [2.05, 4.69) is 6.92 Å². The second-order valence-electron chi connectivity index (χ2n) is 4.63. The van der Waals surface area contributed by atoms with Gasteiger partial charge in [0, 0.05) is 28.3 Å². The minimum Gasteiger partial charge on any atom is -0.494 e. The largest absolute Gasteiger partial charge is 0.494 e. The average Bonchev–Trinajstić information content (AvgIpc) is 2.40. The third kappa shape index (κ3) is 6.21. The highest BCUT2D eigenvalue weighted by molar-refractivity contribution is 7.85. The molecule has 0 saturated heterocycles. The van der Waals surface area contributed by atoms with E-state index in [0.29, 0.717) is 12.4 Å². The fourth-order valence-corrected chi connectivity index (χ4v) is 3.16. The molecule has 0 aromatic heterocycles. The van der Waals surface area contributed by atoms with E-state index in [0.717, 1.165) is 36.3 Å². The van der Waals surface area contributed by atoms with Gasteiger partial charge in [0.25, 0.3) is 0 Å². The van der Waals surface area contributed by atoms with E-state index in [1.54, 1.807) is 0 Å². The Morgan fingerprint density at radius 1 is 1.21 bits per heavy atom. The number of nitrogens with two attached hydrogens (primary N) is 1. The number of hydrogen-bond acceptors (Lipinski definition) is 3. The van der Waals surface area contributed by atoms with Crippen molar-refractivity contribution in [3.8, 4) is 5.75 Å². The molecule has 1 rings (SSSR count). The van der Waals surface area contributed by atoms with E-state index < -0.39 is 10.8 Å². The van der Waals surface area contributed by atoms with Crippen LogP contribution >= 0.6 is 0 Å². The zero-order valence-electron chi connectivity index (χ0n) is 11.9. The molecule has 0 aliphatic rings. The van der Waals surface area contributed by atoms with Crippen LogP contribution in [0.3, 0.4) is 0 Å². The summed E-state index contributed by atoms with van der Waals surface area (Å²) >= 11 is 0. The third-order valence-electron chi connectivity index (χ3n) is 2.96. The maximum absolute atomic E-state index is 11.9. The molecule has 0 bridgehead atoms. The van der Waals surface area contributed by atoms with E-state index >= 15 is 0 Å². The average molecular weight is 283 g/mol. The van der Waals surface area contributed by atoms with Crippen molar-refractivity contribution in [3.63, 3.8) is 0 Å². The van der Waals surface area contributed by atoms with Gasteiger partial charge in [-0.3, -0.25) is 4.21 Å². The van der Waals surface area contributed by atoms with Gasteiger partial charge >= 0.3 is 0 Å². The van der Waals surface area contributed by atoms with Gasteiger partial charge in [-0.05, 0) is 31.0 Å². The minimum absolute atomic E-state index is 0.155. The molecule has 2 unspecified atom stereocenters. The molecule has 2 N–H and O–H groups in total. The van der Waals surface area contributed by atoms with Crippen molar-refractivity contribution < 1.29 is 8.95 Å². The molecule has 0 amide bonds. The van der Waals surface area contributed by atoms with E-state index in [9.17, 15) is 4.21 Å². The SMILES string of the molecule is CCCCCS(=O)CC(N)c1ccc(OCC)cc1. The fourth-order valence-electron chi connectivity index (χ4n) is 1.87. The van der Waals surface area contributed by atoms with Gasteiger partial charge in [-0.1, -0.05) is 31.9 Å². The Morgan fingerprint density at radius 2 is 1.89 bits per heavy atom. The molecule has 4 heteroatoms. The standard InChI is InChI=1S/C15H25NO2S/c1-3-5-6-11-19(17)12-15(16)13-7-9-14(10-8-13)18-4-2/h7-10,15H,3-6,11-12,16H2,1-2H3. The van der Waals surface area contributed by atoms with Crippen LogP contribution < -0.4 is 10.5 Å². The third-order valence-corrected chi connectivity index (χ3v) is 4.44. The molecule has 0 fully saturated rings. The lowest BCUT2D eigenvalue weighted by Crippen LogP contribution is -2.19. The van der Waals surface area contributed by atoms with Gasteiger partial charge in [-0.25, -0.2) is 0 Å². The van der Waals surface area contributed by atoms with E-state index in [1.165, 1.54) is 0 Å². The number of rotatable bonds is 9. The summed E-state index contributed by atoms with van der Waals surface area (Å²) in [5.41, 5.74) is 7.11. The fraction of sp³-hybridized carbons (Fsp3) is 0.600. The van der Waals surface area contributed by atoms with Gasteiger partial charge in [0.05, 0.1) is 6.61 Å². The zero-order chi connectivity index (χ0) is 14.1. The van der Waals surface area contributed by atoms with Gasteiger partial charge in [0.2, 0.25) is 0 Å². The van der Waals surface area contributed by atoms with Gasteiger partial charge in [-0.2, -0.15) is 0 Å². The van der Waals surface area contributed by atoms with Crippen LogP contribution in [-0.4, -0.2) is 22.3 Å². The van der Waals surface area contributed by atoms with Gasteiger partial charge in [0.15, 0.2) is 0 Å². The first-order valence-electron chi connectivity index (χ1n) is 7.00. The summed E-state index contributed by atoms with van der Waals surface area (Å²) < 4.78 is 17.3. The first kappa shape index (κ1) is 16.2. The molecule has 0 saturated carbocycles. The predicted molar refractivity (Wildman–Crippen MR) is 81.9 cm³/mol. The quantitative estimate of drug-likeness (QED) is 0.709. The lowest BCUT2D eigenvalue weighted by atomic mass is 10.1. The Kier molecular flexibility index (Phi) is 7.75. The van der Waals surface area contributed by atoms with Crippen LogP contribution in [0.5, 0.6) is 5.75 Å². The summed E-state index contributed by atoms with van der Waals surface area (Å²) in [7, 11) is -0.817. The maximum atomic E-state index is 11.9. The van der Waals surface area contributed by atoms with Crippen molar-refractivity contribution in [2.24, 2.45) is 5.73 Å². The first-order chi connectivity index (χ1) is 9.17. The minimum atomic E-state index is -0.817. The van der Waals surface area contributed by atoms with Crippen molar-refractivity contribution in [2.75, 3.05) is 18.1 Å². The lowest BCUT2D eigenvalue weighted by Gasteiger charge is -2.12. The van der Waals surface area contributed by atoms with Crippen LogP contribution in [0.1, 0.15) is 44.7 Å². The molecular weight excluding hydrogens is 258 g/mol.